The van der Waals surface area contributed by atoms with E-state index in [4.69, 9.17) is 27.9 Å². The lowest BCUT2D eigenvalue weighted by Gasteiger charge is -2.15. The van der Waals surface area contributed by atoms with Crippen molar-refractivity contribution in [2.24, 2.45) is 0 Å². The highest BCUT2D eigenvalue weighted by Crippen LogP contribution is 2.41. The smallest absolute Gasteiger partial charge is 0.417 e. The lowest BCUT2D eigenvalue weighted by molar-refractivity contribution is -0.137. The average molecular weight is 321 g/mol. The number of ether oxygens (including phenoxy) is 1. The Hall–Kier alpha value is -1.39. The maximum absolute atomic E-state index is 13.1. The number of hydrogen-bond donors (Lipinski definition) is 0. The van der Waals surface area contributed by atoms with Crippen molar-refractivity contribution in [1.29, 1.82) is 0 Å². The van der Waals surface area contributed by atoms with E-state index in [9.17, 15) is 13.2 Å². The molecule has 2 aromatic rings. The standard InChI is InChI=1S/C14H9Cl2F3O/c1-20-9-3-5-12(14(17,18)19)11(7-9)10-4-2-8(15)6-13(10)16/h2-7H,1H3. The van der Waals surface area contributed by atoms with Crippen LogP contribution in [-0.2, 0) is 6.18 Å². The van der Waals surface area contributed by atoms with Crippen molar-refractivity contribution in [2.45, 2.75) is 6.18 Å². The lowest BCUT2D eigenvalue weighted by Crippen LogP contribution is -2.07. The molecule has 0 radical (unpaired) electrons. The van der Waals surface area contributed by atoms with E-state index in [2.05, 4.69) is 0 Å². The van der Waals surface area contributed by atoms with Crippen LogP contribution in [0.25, 0.3) is 11.1 Å². The number of rotatable bonds is 2. The zero-order chi connectivity index (χ0) is 14.9. The van der Waals surface area contributed by atoms with Crippen LogP contribution in [0.5, 0.6) is 5.75 Å². The van der Waals surface area contributed by atoms with E-state index >= 15 is 0 Å². The normalized spacial score (nSPS) is 11.5. The summed E-state index contributed by atoms with van der Waals surface area (Å²) in [5, 5.41) is 0.506. The molecule has 0 N–H and O–H groups in total. The largest absolute Gasteiger partial charge is 0.497 e. The van der Waals surface area contributed by atoms with Crippen molar-refractivity contribution in [2.75, 3.05) is 7.11 Å². The SMILES string of the molecule is COc1ccc(C(F)(F)F)c(-c2ccc(Cl)cc2Cl)c1. The third-order valence-electron chi connectivity index (χ3n) is 2.75. The van der Waals surface area contributed by atoms with Crippen molar-refractivity contribution < 1.29 is 17.9 Å². The highest BCUT2D eigenvalue weighted by Gasteiger charge is 2.34. The van der Waals surface area contributed by atoms with Gasteiger partial charge in [0.1, 0.15) is 5.75 Å². The molecule has 0 heterocycles. The second-order valence-electron chi connectivity index (χ2n) is 4.03. The molecule has 2 rings (SSSR count). The summed E-state index contributed by atoms with van der Waals surface area (Å²) < 4.78 is 44.2. The molecule has 0 atom stereocenters. The average Bonchev–Trinajstić information content (AvgIpc) is 2.37. The van der Waals surface area contributed by atoms with Gasteiger partial charge in [-0.3, -0.25) is 0 Å². The summed E-state index contributed by atoms with van der Waals surface area (Å²) in [7, 11) is 1.38. The van der Waals surface area contributed by atoms with Crippen molar-refractivity contribution >= 4 is 23.2 Å². The molecule has 2 aromatic carbocycles. The zero-order valence-electron chi connectivity index (χ0n) is 10.3. The molecule has 0 fully saturated rings. The fraction of sp³-hybridized carbons (Fsp3) is 0.143. The van der Waals surface area contributed by atoms with E-state index in [0.29, 0.717) is 10.8 Å². The van der Waals surface area contributed by atoms with Gasteiger partial charge in [-0.05, 0) is 35.9 Å². The van der Waals surface area contributed by atoms with Crippen molar-refractivity contribution in [3.8, 4) is 16.9 Å². The van der Waals surface area contributed by atoms with E-state index in [1.54, 1.807) is 0 Å². The maximum atomic E-state index is 13.1. The monoisotopic (exact) mass is 320 g/mol. The molecular weight excluding hydrogens is 312 g/mol. The fourth-order valence-electron chi connectivity index (χ4n) is 1.83. The summed E-state index contributed by atoms with van der Waals surface area (Å²) in [6, 6.07) is 7.88. The Kier molecular flexibility index (Phi) is 4.16. The second kappa shape index (κ2) is 5.54. The minimum absolute atomic E-state index is 0.0430. The number of alkyl halides is 3. The first-order valence-corrected chi connectivity index (χ1v) is 6.29. The summed E-state index contributed by atoms with van der Waals surface area (Å²) in [4.78, 5) is 0. The Bertz CT molecular complexity index is 639. The van der Waals surface area contributed by atoms with Crippen LogP contribution in [0.3, 0.4) is 0 Å². The lowest BCUT2D eigenvalue weighted by atomic mass is 9.99. The van der Waals surface area contributed by atoms with Crippen LogP contribution in [0.2, 0.25) is 10.0 Å². The predicted molar refractivity (Wildman–Crippen MR) is 73.5 cm³/mol. The molecule has 106 valence electrons. The van der Waals surface area contributed by atoms with E-state index in [-0.39, 0.29) is 16.1 Å². The summed E-state index contributed by atoms with van der Waals surface area (Å²) in [5.41, 5.74) is -0.566. The predicted octanol–water partition coefficient (Wildman–Crippen LogP) is 5.69. The van der Waals surface area contributed by atoms with Crippen molar-refractivity contribution in [3.05, 3.63) is 52.0 Å². The van der Waals surface area contributed by atoms with Crippen molar-refractivity contribution in [1.82, 2.24) is 0 Å². The molecule has 0 aromatic heterocycles. The summed E-state index contributed by atoms with van der Waals surface area (Å²) in [6.07, 6.45) is -4.48. The molecule has 0 aliphatic rings. The summed E-state index contributed by atoms with van der Waals surface area (Å²) >= 11 is 11.8. The first-order chi connectivity index (χ1) is 9.32. The van der Waals surface area contributed by atoms with Gasteiger partial charge in [-0.2, -0.15) is 13.2 Å². The van der Waals surface area contributed by atoms with Gasteiger partial charge >= 0.3 is 6.18 Å². The van der Waals surface area contributed by atoms with E-state index in [1.807, 2.05) is 0 Å². The van der Waals surface area contributed by atoms with Gasteiger partial charge in [0.25, 0.3) is 0 Å². The van der Waals surface area contributed by atoms with E-state index < -0.39 is 11.7 Å². The molecule has 0 bridgehead atoms. The van der Waals surface area contributed by atoms with Gasteiger partial charge in [0.2, 0.25) is 0 Å². The van der Waals surface area contributed by atoms with Gasteiger partial charge in [-0.15, -0.1) is 0 Å². The molecule has 1 nitrogen and oxygen atoms in total. The third-order valence-corrected chi connectivity index (χ3v) is 3.30. The van der Waals surface area contributed by atoms with Crippen LogP contribution in [0, 0.1) is 0 Å². The first kappa shape index (κ1) is 15.0. The Morgan fingerprint density at radius 2 is 1.65 bits per heavy atom. The van der Waals surface area contributed by atoms with E-state index in [1.165, 1.54) is 37.4 Å². The van der Waals surface area contributed by atoms with Crippen LogP contribution in [-0.4, -0.2) is 7.11 Å². The third kappa shape index (κ3) is 3.02. The van der Waals surface area contributed by atoms with Crippen molar-refractivity contribution in [3.63, 3.8) is 0 Å². The maximum Gasteiger partial charge on any atom is 0.417 e. The number of benzene rings is 2. The van der Waals surface area contributed by atoms with Gasteiger partial charge in [0.15, 0.2) is 0 Å². The van der Waals surface area contributed by atoms with Crippen LogP contribution in [0.4, 0.5) is 13.2 Å². The minimum Gasteiger partial charge on any atom is -0.497 e. The van der Waals surface area contributed by atoms with Gasteiger partial charge in [-0.25, -0.2) is 0 Å². The number of methoxy groups -OCH3 is 1. The highest BCUT2D eigenvalue weighted by atomic mass is 35.5. The minimum atomic E-state index is -4.48. The summed E-state index contributed by atoms with van der Waals surface area (Å²) in [6.45, 7) is 0. The molecule has 0 saturated carbocycles. The first-order valence-electron chi connectivity index (χ1n) is 5.53. The van der Waals surface area contributed by atoms with Crippen LogP contribution in [0.15, 0.2) is 36.4 Å². The second-order valence-corrected chi connectivity index (χ2v) is 4.88. The molecule has 20 heavy (non-hydrogen) atoms. The Morgan fingerprint density at radius 1 is 0.950 bits per heavy atom. The Morgan fingerprint density at radius 3 is 2.20 bits per heavy atom. The number of halogens is 5. The van der Waals surface area contributed by atoms with Gasteiger partial charge in [0, 0.05) is 15.6 Å². The molecule has 0 unspecified atom stereocenters. The molecule has 0 aliphatic carbocycles. The number of hydrogen-bond acceptors (Lipinski definition) is 1. The molecule has 0 spiro atoms. The summed E-state index contributed by atoms with van der Waals surface area (Å²) in [5.74, 6) is 0.319. The Labute approximate surface area is 123 Å². The quantitative estimate of drug-likeness (QED) is 0.690. The highest BCUT2D eigenvalue weighted by molar-refractivity contribution is 6.36. The molecular formula is C14H9Cl2F3O. The van der Waals surface area contributed by atoms with Crippen LogP contribution in [0.1, 0.15) is 5.56 Å². The molecule has 0 aliphatic heterocycles. The molecule has 0 amide bonds. The van der Waals surface area contributed by atoms with E-state index in [0.717, 1.165) is 6.07 Å². The topological polar surface area (TPSA) is 9.23 Å². The fourth-order valence-corrected chi connectivity index (χ4v) is 2.34. The molecule has 6 heteroatoms. The Balaban J connectivity index is 2.70. The zero-order valence-corrected chi connectivity index (χ0v) is 11.8. The van der Waals surface area contributed by atoms with Gasteiger partial charge < -0.3 is 4.74 Å². The van der Waals surface area contributed by atoms with Gasteiger partial charge in [0.05, 0.1) is 12.7 Å². The van der Waals surface area contributed by atoms with Crippen LogP contribution < -0.4 is 4.74 Å². The van der Waals surface area contributed by atoms with Gasteiger partial charge in [-0.1, -0.05) is 29.3 Å². The molecule has 0 saturated heterocycles. The van der Waals surface area contributed by atoms with Crippen LogP contribution >= 0.6 is 23.2 Å².